The molecule has 0 saturated heterocycles. The Morgan fingerprint density at radius 2 is 1.72 bits per heavy atom. The van der Waals surface area contributed by atoms with E-state index in [0.717, 1.165) is 11.1 Å². The Kier molecular flexibility index (Phi) is 8.07. The third-order valence-electron chi connectivity index (χ3n) is 5.96. The Morgan fingerprint density at radius 1 is 1.00 bits per heavy atom. The Hall–Kier alpha value is -4.04. The van der Waals surface area contributed by atoms with Gasteiger partial charge in [-0.15, -0.1) is 0 Å². The fourth-order valence-electron chi connectivity index (χ4n) is 4.01. The molecule has 1 amide bonds. The van der Waals surface area contributed by atoms with Crippen LogP contribution in [-0.4, -0.2) is 27.4 Å². The summed E-state index contributed by atoms with van der Waals surface area (Å²) in [5.74, 6) is -0.619. The first kappa shape index (κ1) is 25.1. The smallest absolute Gasteiger partial charge is 0.255 e. The number of benzene rings is 2. The molecule has 4 aromatic rings. The molecule has 1 N–H and O–H groups in total. The lowest BCUT2D eigenvalue weighted by Gasteiger charge is -2.08. The van der Waals surface area contributed by atoms with Gasteiger partial charge >= 0.3 is 0 Å². The topological polar surface area (TPSA) is 78.2 Å². The lowest BCUT2D eigenvalue weighted by Crippen LogP contribution is -2.24. The summed E-state index contributed by atoms with van der Waals surface area (Å²) in [6, 6.07) is 18.2. The molecule has 0 fully saturated rings. The summed E-state index contributed by atoms with van der Waals surface area (Å²) < 4.78 is 23.1. The van der Waals surface area contributed by atoms with E-state index < -0.39 is 0 Å². The third-order valence-corrected chi connectivity index (χ3v) is 5.96. The summed E-state index contributed by atoms with van der Waals surface area (Å²) >= 11 is 0. The van der Waals surface area contributed by atoms with Crippen LogP contribution in [0.2, 0.25) is 0 Å². The van der Waals surface area contributed by atoms with Crippen LogP contribution < -0.4 is 10.9 Å². The van der Waals surface area contributed by atoms with Gasteiger partial charge in [0.2, 0.25) is 0 Å². The van der Waals surface area contributed by atoms with Crippen LogP contribution in [0.25, 0.3) is 0 Å². The Bertz CT molecular complexity index is 1390. The number of rotatable bonds is 10. The van der Waals surface area contributed by atoms with Crippen molar-refractivity contribution in [2.45, 2.75) is 39.6 Å². The number of aromatic nitrogens is 3. The van der Waals surface area contributed by atoms with Crippen molar-refractivity contribution in [3.63, 3.8) is 0 Å². The third kappa shape index (κ3) is 5.95. The van der Waals surface area contributed by atoms with Crippen LogP contribution in [0.3, 0.4) is 0 Å². The zero-order valence-corrected chi connectivity index (χ0v) is 20.4. The number of amides is 1. The second kappa shape index (κ2) is 11.6. The van der Waals surface area contributed by atoms with Gasteiger partial charge in [-0.3, -0.25) is 14.3 Å². The molecule has 0 aliphatic carbocycles. The van der Waals surface area contributed by atoms with Gasteiger partial charge in [0.25, 0.3) is 11.5 Å². The largest absolute Gasteiger partial charge is 0.378 e. The normalized spacial score (nSPS) is 11.0. The molecule has 0 bridgehead atoms. The van der Waals surface area contributed by atoms with Gasteiger partial charge in [0.05, 0.1) is 25.3 Å². The van der Waals surface area contributed by atoms with E-state index in [9.17, 15) is 14.0 Å². The summed E-state index contributed by atoms with van der Waals surface area (Å²) in [4.78, 5) is 24.9. The first-order chi connectivity index (χ1) is 17.5. The molecule has 4 rings (SSSR count). The van der Waals surface area contributed by atoms with E-state index >= 15 is 0 Å². The predicted molar refractivity (Wildman–Crippen MR) is 135 cm³/mol. The van der Waals surface area contributed by atoms with Gasteiger partial charge in [-0.1, -0.05) is 55.5 Å². The lowest BCUT2D eigenvalue weighted by molar-refractivity contribution is 0.0945. The van der Waals surface area contributed by atoms with Crippen molar-refractivity contribution in [1.29, 1.82) is 0 Å². The van der Waals surface area contributed by atoms with Gasteiger partial charge in [-0.05, 0) is 29.2 Å². The molecule has 2 aromatic carbocycles. The van der Waals surface area contributed by atoms with E-state index in [1.807, 2.05) is 37.3 Å². The number of carbonyl (C=O) groups excluding carboxylic acids is 1. The summed E-state index contributed by atoms with van der Waals surface area (Å²) in [6.45, 7) is 3.11. The van der Waals surface area contributed by atoms with E-state index in [2.05, 4.69) is 10.4 Å². The zero-order chi connectivity index (χ0) is 25.5. The van der Waals surface area contributed by atoms with Crippen molar-refractivity contribution in [3.05, 3.63) is 123 Å². The summed E-state index contributed by atoms with van der Waals surface area (Å²) in [7, 11) is 1.54. The molecule has 0 aliphatic rings. The molecule has 0 atom stereocenters. The molecule has 7 nitrogen and oxygen atoms in total. The maximum atomic E-state index is 14.5. The number of ether oxygens (including phenoxy) is 1. The molecule has 2 heterocycles. The van der Waals surface area contributed by atoms with Crippen LogP contribution in [0.5, 0.6) is 0 Å². The van der Waals surface area contributed by atoms with Crippen LogP contribution in [0, 0.1) is 5.82 Å². The molecule has 0 radical (unpaired) electrons. The predicted octanol–water partition coefficient (Wildman–Crippen LogP) is 3.92. The summed E-state index contributed by atoms with van der Waals surface area (Å²) in [5, 5.41) is 7.33. The molecule has 8 heteroatoms. The average molecular weight is 489 g/mol. The molecule has 0 aliphatic heterocycles. The van der Waals surface area contributed by atoms with Gasteiger partial charge in [0, 0.05) is 37.7 Å². The molecule has 0 saturated carbocycles. The maximum Gasteiger partial charge on any atom is 0.255 e. The molecular formula is C28H29FN4O3. The number of nitrogens with zero attached hydrogens (tertiary/aromatic N) is 3. The van der Waals surface area contributed by atoms with Gasteiger partial charge in [-0.25, -0.2) is 4.39 Å². The van der Waals surface area contributed by atoms with Crippen molar-refractivity contribution < 1.29 is 13.9 Å². The quantitative estimate of drug-likeness (QED) is 0.367. The zero-order valence-electron chi connectivity index (χ0n) is 20.4. The molecular weight excluding hydrogens is 459 g/mol. The first-order valence-corrected chi connectivity index (χ1v) is 11.8. The minimum absolute atomic E-state index is 0.0459. The van der Waals surface area contributed by atoms with E-state index in [1.54, 1.807) is 53.0 Å². The van der Waals surface area contributed by atoms with E-state index in [1.165, 1.54) is 6.07 Å². The minimum atomic E-state index is -0.335. The van der Waals surface area contributed by atoms with Crippen molar-refractivity contribution in [2.24, 2.45) is 0 Å². The molecule has 0 spiro atoms. The van der Waals surface area contributed by atoms with Crippen LogP contribution in [0.1, 0.15) is 45.2 Å². The highest BCUT2D eigenvalue weighted by atomic mass is 19.1. The van der Waals surface area contributed by atoms with Crippen LogP contribution in [-0.2, 0) is 37.4 Å². The fourth-order valence-corrected chi connectivity index (χ4v) is 4.01. The Labute approximate surface area is 209 Å². The molecule has 2 aromatic heterocycles. The van der Waals surface area contributed by atoms with Crippen LogP contribution in [0.15, 0.2) is 77.9 Å². The monoisotopic (exact) mass is 488 g/mol. The van der Waals surface area contributed by atoms with Gasteiger partial charge in [0.15, 0.2) is 0 Å². The number of hydrogen-bond donors (Lipinski definition) is 1. The average Bonchev–Trinajstić information content (AvgIpc) is 3.28. The number of aryl methyl sites for hydroxylation is 1. The van der Waals surface area contributed by atoms with Crippen molar-refractivity contribution in [3.8, 4) is 0 Å². The number of hydrogen-bond acceptors (Lipinski definition) is 4. The van der Waals surface area contributed by atoms with Gasteiger partial charge < -0.3 is 14.6 Å². The van der Waals surface area contributed by atoms with E-state index in [-0.39, 0.29) is 30.4 Å². The minimum Gasteiger partial charge on any atom is -0.378 e. The second-order valence-corrected chi connectivity index (χ2v) is 8.53. The highest BCUT2D eigenvalue weighted by Gasteiger charge is 2.17. The van der Waals surface area contributed by atoms with Crippen molar-refractivity contribution in [2.75, 3.05) is 7.11 Å². The summed E-state index contributed by atoms with van der Waals surface area (Å²) in [5.41, 5.74) is 3.93. The highest BCUT2D eigenvalue weighted by Crippen LogP contribution is 2.15. The number of halogens is 1. The fraction of sp³-hybridized carbons (Fsp3) is 0.250. The van der Waals surface area contributed by atoms with E-state index in [0.29, 0.717) is 41.9 Å². The highest BCUT2D eigenvalue weighted by molar-refractivity contribution is 5.95. The van der Waals surface area contributed by atoms with Crippen LogP contribution in [0.4, 0.5) is 4.39 Å². The SMILES string of the molecule is CCc1cccc(CNC(=O)c2cn(Cc3ccc(Cn4ccccc4=O)cc3)nc2COC)c1F. The van der Waals surface area contributed by atoms with Gasteiger partial charge in [-0.2, -0.15) is 5.10 Å². The first-order valence-electron chi connectivity index (χ1n) is 11.8. The van der Waals surface area contributed by atoms with Crippen molar-refractivity contribution >= 4 is 5.91 Å². The summed E-state index contributed by atoms with van der Waals surface area (Å²) in [6.07, 6.45) is 4.03. The molecule has 36 heavy (non-hydrogen) atoms. The Morgan fingerprint density at radius 3 is 2.42 bits per heavy atom. The van der Waals surface area contributed by atoms with Gasteiger partial charge in [0.1, 0.15) is 11.5 Å². The van der Waals surface area contributed by atoms with E-state index in [4.69, 9.17) is 4.74 Å². The molecule has 186 valence electrons. The number of pyridine rings is 1. The maximum absolute atomic E-state index is 14.5. The molecule has 0 unspecified atom stereocenters. The number of nitrogens with one attached hydrogen (secondary N) is 1. The lowest BCUT2D eigenvalue weighted by atomic mass is 10.1. The Balaban J connectivity index is 1.44. The number of methoxy groups -OCH3 is 1. The van der Waals surface area contributed by atoms with Crippen LogP contribution >= 0.6 is 0 Å². The second-order valence-electron chi connectivity index (χ2n) is 8.53. The van der Waals surface area contributed by atoms with Crippen molar-refractivity contribution in [1.82, 2.24) is 19.7 Å². The standard InChI is InChI=1S/C28H29FN4O3/c1-3-22-7-6-8-23(27(22)29)15-30-28(35)24-18-33(31-25(24)19-36-2)17-21-12-10-20(11-13-21)16-32-14-5-4-9-26(32)34/h4-14,18H,3,15-17,19H2,1-2H3,(H,30,35). The number of carbonyl (C=O) groups is 1.